The molecule has 0 N–H and O–H groups in total. The number of hydrogen-bond donors (Lipinski definition) is 0. The summed E-state index contributed by atoms with van der Waals surface area (Å²) in [5.74, 6) is 2.01. The van der Waals surface area contributed by atoms with Crippen molar-refractivity contribution in [3.8, 4) is 0 Å². The fraction of sp³-hybridized carbons (Fsp3) is 0.833. The molecule has 1 aliphatic heterocycles. The van der Waals surface area contributed by atoms with Gasteiger partial charge in [-0.3, -0.25) is 4.79 Å². The van der Waals surface area contributed by atoms with Crippen LogP contribution >= 0.6 is 0 Å². The third kappa shape index (κ3) is 2.59. The average Bonchev–Trinajstić information content (AvgIpc) is 2.28. The van der Waals surface area contributed by atoms with E-state index < -0.39 is 5.60 Å². The third-order valence-corrected chi connectivity index (χ3v) is 5.41. The predicted octanol–water partition coefficient (Wildman–Crippen LogP) is 4.53. The van der Waals surface area contributed by atoms with Crippen molar-refractivity contribution in [3.63, 3.8) is 0 Å². The smallest absolute Gasteiger partial charge is 0.190 e. The van der Waals surface area contributed by atoms with Gasteiger partial charge in [0.1, 0.15) is 5.60 Å². The highest BCUT2D eigenvalue weighted by molar-refractivity contribution is 6.03. The number of carbonyl (C=O) groups excluding carboxylic acids is 1. The minimum absolute atomic E-state index is 0.209. The highest BCUT2D eigenvalue weighted by Crippen LogP contribution is 2.45. The minimum Gasteiger partial charge on any atom is -0.357 e. The Bertz CT molecular complexity index is 442. The van der Waals surface area contributed by atoms with E-state index in [1.54, 1.807) is 0 Å². The standard InChI is InChI=1S/C18H30O2/c1-11-8-9-14(12(2)10-11)15-13(3)17(4,5)20-18(6,7)16(15)19/h11-12,14H,8-10H2,1-7H3. The zero-order chi connectivity index (χ0) is 15.3. The van der Waals surface area contributed by atoms with E-state index >= 15 is 0 Å². The van der Waals surface area contributed by atoms with Crippen LogP contribution in [-0.2, 0) is 9.53 Å². The molecule has 2 heteroatoms. The fourth-order valence-electron chi connectivity index (χ4n) is 4.12. The number of carbonyl (C=O) groups is 1. The summed E-state index contributed by atoms with van der Waals surface area (Å²) in [7, 11) is 0. The topological polar surface area (TPSA) is 26.3 Å². The van der Waals surface area contributed by atoms with Crippen molar-refractivity contribution in [2.45, 2.75) is 78.9 Å². The van der Waals surface area contributed by atoms with Crippen molar-refractivity contribution < 1.29 is 9.53 Å². The second-order valence-corrected chi connectivity index (χ2v) is 7.99. The second kappa shape index (κ2) is 4.98. The molecule has 20 heavy (non-hydrogen) atoms. The SMILES string of the molecule is CC1=C(C2CCC(C)CC2C)C(=O)C(C)(C)OC1(C)C. The van der Waals surface area contributed by atoms with Gasteiger partial charge in [0.05, 0.1) is 5.60 Å². The van der Waals surface area contributed by atoms with Crippen LogP contribution in [0.25, 0.3) is 0 Å². The molecule has 0 aromatic carbocycles. The van der Waals surface area contributed by atoms with Crippen LogP contribution in [-0.4, -0.2) is 17.0 Å². The first-order valence-electron chi connectivity index (χ1n) is 8.02. The molecule has 2 nitrogen and oxygen atoms in total. The molecular formula is C18H30O2. The quantitative estimate of drug-likeness (QED) is 0.704. The molecule has 0 aromatic heterocycles. The monoisotopic (exact) mass is 278 g/mol. The Balaban J connectivity index is 2.44. The van der Waals surface area contributed by atoms with Gasteiger partial charge in [0.15, 0.2) is 5.78 Å². The number of rotatable bonds is 1. The van der Waals surface area contributed by atoms with Gasteiger partial charge in [-0.2, -0.15) is 0 Å². The minimum atomic E-state index is -0.693. The van der Waals surface area contributed by atoms with E-state index in [4.69, 9.17) is 4.74 Å². The Kier molecular flexibility index (Phi) is 3.92. The van der Waals surface area contributed by atoms with Crippen molar-refractivity contribution in [1.29, 1.82) is 0 Å². The lowest BCUT2D eigenvalue weighted by molar-refractivity contribution is -0.157. The van der Waals surface area contributed by atoms with Gasteiger partial charge in [0.2, 0.25) is 0 Å². The first-order chi connectivity index (χ1) is 9.06. The van der Waals surface area contributed by atoms with E-state index in [0.29, 0.717) is 11.8 Å². The maximum atomic E-state index is 12.9. The Labute approximate surface area is 124 Å². The lowest BCUT2D eigenvalue weighted by Crippen LogP contribution is -2.51. The van der Waals surface area contributed by atoms with Crippen LogP contribution in [0.1, 0.15) is 67.7 Å². The van der Waals surface area contributed by atoms with E-state index in [2.05, 4.69) is 34.6 Å². The fourth-order valence-corrected chi connectivity index (χ4v) is 4.12. The number of hydrogen-bond acceptors (Lipinski definition) is 2. The van der Waals surface area contributed by atoms with Gasteiger partial charge in [0, 0.05) is 5.57 Å². The largest absolute Gasteiger partial charge is 0.357 e. The van der Waals surface area contributed by atoms with E-state index in [1.165, 1.54) is 12.8 Å². The first-order valence-corrected chi connectivity index (χ1v) is 8.02. The number of Topliss-reactive ketones (excluding diaryl/α,β-unsaturated/α-hetero) is 1. The Morgan fingerprint density at radius 2 is 1.65 bits per heavy atom. The van der Waals surface area contributed by atoms with Gasteiger partial charge >= 0.3 is 0 Å². The number of ketones is 1. The van der Waals surface area contributed by atoms with Gasteiger partial charge in [-0.25, -0.2) is 0 Å². The van der Waals surface area contributed by atoms with Crippen LogP contribution in [0.4, 0.5) is 0 Å². The summed E-state index contributed by atoms with van der Waals surface area (Å²) in [6.45, 7) is 14.7. The summed E-state index contributed by atoms with van der Waals surface area (Å²) < 4.78 is 6.06. The van der Waals surface area contributed by atoms with E-state index in [0.717, 1.165) is 23.5 Å². The zero-order valence-corrected chi connectivity index (χ0v) is 14.2. The third-order valence-electron chi connectivity index (χ3n) is 5.41. The summed E-state index contributed by atoms with van der Waals surface area (Å²) in [6, 6.07) is 0. The maximum Gasteiger partial charge on any atom is 0.190 e. The molecule has 0 aromatic rings. The second-order valence-electron chi connectivity index (χ2n) is 7.99. The molecular weight excluding hydrogens is 248 g/mol. The molecule has 0 spiro atoms. The Morgan fingerprint density at radius 1 is 1.05 bits per heavy atom. The summed E-state index contributed by atoms with van der Waals surface area (Å²) in [4.78, 5) is 12.9. The van der Waals surface area contributed by atoms with Crippen molar-refractivity contribution in [1.82, 2.24) is 0 Å². The van der Waals surface area contributed by atoms with Gasteiger partial charge in [0.25, 0.3) is 0 Å². The molecule has 1 fully saturated rings. The predicted molar refractivity (Wildman–Crippen MR) is 82.6 cm³/mol. The molecule has 1 saturated carbocycles. The molecule has 1 heterocycles. The van der Waals surface area contributed by atoms with Crippen LogP contribution in [0.2, 0.25) is 0 Å². The molecule has 2 rings (SSSR count). The summed E-state index contributed by atoms with van der Waals surface area (Å²) >= 11 is 0. The Hall–Kier alpha value is -0.630. The molecule has 114 valence electrons. The van der Waals surface area contributed by atoms with Crippen LogP contribution in [0.5, 0.6) is 0 Å². The maximum absolute atomic E-state index is 12.9. The lowest BCUT2D eigenvalue weighted by Gasteiger charge is -2.46. The summed E-state index contributed by atoms with van der Waals surface area (Å²) in [5, 5.41) is 0. The van der Waals surface area contributed by atoms with E-state index in [-0.39, 0.29) is 11.4 Å². The number of ether oxygens (including phenoxy) is 1. The van der Waals surface area contributed by atoms with Gasteiger partial charge in [-0.1, -0.05) is 20.3 Å². The normalized spacial score (nSPS) is 37.1. The highest BCUT2D eigenvalue weighted by Gasteiger charge is 2.47. The first kappa shape index (κ1) is 15.8. The van der Waals surface area contributed by atoms with Crippen LogP contribution in [0, 0.1) is 17.8 Å². The van der Waals surface area contributed by atoms with E-state index in [1.807, 2.05) is 13.8 Å². The van der Waals surface area contributed by atoms with Crippen molar-refractivity contribution in [2.24, 2.45) is 17.8 Å². The molecule has 0 saturated heterocycles. The molecule has 0 amide bonds. The summed E-state index contributed by atoms with van der Waals surface area (Å²) in [6.07, 6.45) is 3.62. The zero-order valence-electron chi connectivity index (χ0n) is 14.2. The molecule has 1 aliphatic carbocycles. The highest BCUT2D eigenvalue weighted by atomic mass is 16.5. The van der Waals surface area contributed by atoms with Gasteiger partial charge in [-0.15, -0.1) is 0 Å². The van der Waals surface area contributed by atoms with Crippen molar-refractivity contribution in [3.05, 3.63) is 11.1 Å². The molecule has 3 unspecified atom stereocenters. The molecule has 3 atom stereocenters. The average molecular weight is 278 g/mol. The molecule has 0 radical (unpaired) electrons. The summed E-state index contributed by atoms with van der Waals surface area (Å²) in [5.41, 5.74) is 1.19. The van der Waals surface area contributed by atoms with Crippen molar-refractivity contribution >= 4 is 5.78 Å². The van der Waals surface area contributed by atoms with Gasteiger partial charge in [-0.05, 0) is 70.8 Å². The van der Waals surface area contributed by atoms with Crippen LogP contribution in [0.15, 0.2) is 11.1 Å². The van der Waals surface area contributed by atoms with Crippen LogP contribution in [0.3, 0.4) is 0 Å². The Morgan fingerprint density at radius 3 is 2.20 bits per heavy atom. The molecule has 2 aliphatic rings. The van der Waals surface area contributed by atoms with Crippen LogP contribution < -0.4 is 0 Å². The lowest BCUT2D eigenvalue weighted by atomic mass is 9.67. The van der Waals surface area contributed by atoms with Gasteiger partial charge < -0.3 is 4.74 Å². The molecule has 0 bridgehead atoms. The van der Waals surface area contributed by atoms with E-state index in [9.17, 15) is 4.79 Å². The van der Waals surface area contributed by atoms with Crippen molar-refractivity contribution in [2.75, 3.05) is 0 Å².